The molecule has 2 N–H and O–H groups in total. The Bertz CT molecular complexity index is 529. The van der Waals surface area contributed by atoms with E-state index < -0.39 is 0 Å². The topological polar surface area (TPSA) is 48.1 Å². The van der Waals surface area contributed by atoms with E-state index in [1.54, 1.807) is 29.1 Å². The van der Waals surface area contributed by atoms with E-state index in [0.717, 1.165) is 10.4 Å². The fourth-order valence-corrected chi connectivity index (χ4v) is 2.70. The van der Waals surface area contributed by atoms with Crippen LogP contribution in [-0.4, -0.2) is 4.98 Å². The van der Waals surface area contributed by atoms with E-state index in [1.165, 1.54) is 12.1 Å². The van der Waals surface area contributed by atoms with Gasteiger partial charge in [-0.15, -0.1) is 11.3 Å². The van der Waals surface area contributed by atoms with Crippen LogP contribution < -0.4 is 10.5 Å². The molecule has 0 saturated carbocycles. The van der Waals surface area contributed by atoms with E-state index in [4.69, 9.17) is 10.5 Å². The molecular weight excluding hydrogens is 239 g/mol. The molecule has 1 unspecified atom stereocenters. The summed E-state index contributed by atoms with van der Waals surface area (Å²) in [5, 5.41) is 0. The van der Waals surface area contributed by atoms with Crippen molar-refractivity contribution in [1.29, 1.82) is 0 Å². The summed E-state index contributed by atoms with van der Waals surface area (Å²) >= 11 is 1.54. The van der Waals surface area contributed by atoms with Crippen molar-refractivity contribution in [3.8, 4) is 5.75 Å². The third-order valence-corrected chi connectivity index (χ3v) is 3.74. The second kappa shape index (κ2) is 4.09. The maximum Gasteiger partial charge on any atom is 0.136 e. The molecule has 5 heteroatoms. The number of hydrogen-bond acceptors (Lipinski definition) is 4. The average Bonchev–Trinajstić information content (AvgIpc) is 2.83. The molecular formula is C12H11FN2OS. The van der Waals surface area contributed by atoms with Crippen LogP contribution >= 0.6 is 11.3 Å². The Balaban J connectivity index is 1.96. The van der Waals surface area contributed by atoms with Crippen molar-refractivity contribution < 1.29 is 9.13 Å². The quantitative estimate of drug-likeness (QED) is 0.846. The molecule has 17 heavy (non-hydrogen) atoms. The maximum absolute atomic E-state index is 13.1. The molecule has 0 radical (unpaired) electrons. The molecule has 0 saturated heterocycles. The average molecular weight is 250 g/mol. The lowest BCUT2D eigenvalue weighted by Gasteiger charge is -2.29. The zero-order chi connectivity index (χ0) is 11.8. The molecule has 2 heterocycles. The van der Waals surface area contributed by atoms with E-state index in [0.29, 0.717) is 12.2 Å². The molecule has 1 aromatic heterocycles. The second-order valence-corrected chi connectivity index (χ2v) is 4.95. The summed E-state index contributed by atoms with van der Waals surface area (Å²) in [6.45, 7) is 0. The van der Waals surface area contributed by atoms with Crippen molar-refractivity contribution in [3.63, 3.8) is 0 Å². The maximum atomic E-state index is 13.1. The lowest BCUT2D eigenvalue weighted by Crippen LogP contribution is -2.23. The van der Waals surface area contributed by atoms with Crippen molar-refractivity contribution in [2.45, 2.75) is 18.6 Å². The fraction of sp³-hybridized carbons (Fsp3) is 0.250. The minimum atomic E-state index is -0.279. The number of benzene rings is 1. The third-order valence-electron chi connectivity index (χ3n) is 2.88. The Morgan fingerprint density at radius 3 is 3.12 bits per heavy atom. The highest BCUT2D eigenvalue weighted by molar-refractivity contribution is 7.09. The Kier molecular flexibility index (Phi) is 2.57. The lowest BCUT2D eigenvalue weighted by molar-refractivity contribution is 0.164. The molecule has 0 spiro atoms. The normalized spacial score (nSPS) is 22.9. The van der Waals surface area contributed by atoms with Gasteiger partial charge in [-0.2, -0.15) is 0 Å². The van der Waals surface area contributed by atoms with Gasteiger partial charge >= 0.3 is 0 Å². The first kappa shape index (κ1) is 10.7. The monoisotopic (exact) mass is 250 g/mol. The van der Waals surface area contributed by atoms with Gasteiger partial charge in [0.1, 0.15) is 17.7 Å². The summed E-state index contributed by atoms with van der Waals surface area (Å²) in [4.78, 5) is 5.08. The SMILES string of the molecule is N[C@H]1CC(c2cncs2)Oc2ccc(F)cc21. The van der Waals surface area contributed by atoms with Crippen LogP contribution in [0.4, 0.5) is 4.39 Å². The molecule has 0 fully saturated rings. The van der Waals surface area contributed by atoms with Crippen LogP contribution in [0.25, 0.3) is 0 Å². The van der Waals surface area contributed by atoms with E-state index in [-0.39, 0.29) is 18.0 Å². The summed E-state index contributed by atoms with van der Waals surface area (Å²) < 4.78 is 18.9. The number of nitrogens with zero attached hydrogens (tertiary/aromatic N) is 1. The van der Waals surface area contributed by atoms with Crippen molar-refractivity contribution in [2.24, 2.45) is 5.73 Å². The summed E-state index contributed by atoms with van der Waals surface area (Å²) in [5.41, 5.74) is 8.56. The first-order chi connectivity index (χ1) is 8.24. The van der Waals surface area contributed by atoms with E-state index >= 15 is 0 Å². The molecule has 1 aliphatic rings. The zero-order valence-electron chi connectivity index (χ0n) is 8.97. The van der Waals surface area contributed by atoms with Crippen LogP contribution in [-0.2, 0) is 0 Å². The smallest absolute Gasteiger partial charge is 0.136 e. The standard InChI is InChI=1S/C12H11FN2OS/c13-7-1-2-10-8(3-7)9(14)4-11(16-10)12-5-15-6-17-12/h1-3,5-6,9,11H,4,14H2/t9-,11?/m0/s1. The van der Waals surface area contributed by atoms with E-state index in [2.05, 4.69) is 4.98 Å². The first-order valence-corrected chi connectivity index (χ1v) is 6.22. The van der Waals surface area contributed by atoms with Gasteiger partial charge in [0, 0.05) is 24.2 Å². The molecule has 2 aromatic rings. The summed E-state index contributed by atoms with van der Waals surface area (Å²) in [7, 11) is 0. The molecule has 88 valence electrons. The van der Waals surface area contributed by atoms with Crippen LogP contribution in [0, 0.1) is 5.82 Å². The predicted octanol–water partition coefficient (Wildman–Crippen LogP) is 2.81. The highest BCUT2D eigenvalue weighted by Crippen LogP contribution is 2.40. The molecule has 1 aliphatic heterocycles. The Hall–Kier alpha value is -1.46. The minimum Gasteiger partial charge on any atom is -0.484 e. The molecule has 3 nitrogen and oxygen atoms in total. The van der Waals surface area contributed by atoms with Crippen molar-refractivity contribution in [1.82, 2.24) is 4.98 Å². The number of ether oxygens (including phenoxy) is 1. The third kappa shape index (κ3) is 1.92. The number of aromatic nitrogens is 1. The number of halogens is 1. The molecule has 0 bridgehead atoms. The van der Waals surface area contributed by atoms with Gasteiger partial charge in [0.2, 0.25) is 0 Å². The van der Waals surface area contributed by atoms with Crippen LogP contribution in [0.2, 0.25) is 0 Å². The highest BCUT2D eigenvalue weighted by atomic mass is 32.1. The van der Waals surface area contributed by atoms with Gasteiger partial charge in [-0.1, -0.05) is 0 Å². The highest BCUT2D eigenvalue weighted by Gasteiger charge is 2.28. The van der Waals surface area contributed by atoms with Gasteiger partial charge in [-0.3, -0.25) is 4.98 Å². The Morgan fingerprint density at radius 2 is 2.35 bits per heavy atom. The zero-order valence-corrected chi connectivity index (χ0v) is 9.78. The van der Waals surface area contributed by atoms with Crippen molar-refractivity contribution in [2.75, 3.05) is 0 Å². The van der Waals surface area contributed by atoms with Crippen molar-refractivity contribution in [3.05, 3.63) is 46.2 Å². The number of fused-ring (bicyclic) bond motifs is 1. The fourth-order valence-electron chi connectivity index (χ4n) is 2.03. The lowest BCUT2D eigenvalue weighted by atomic mass is 9.97. The van der Waals surface area contributed by atoms with Crippen LogP contribution in [0.15, 0.2) is 29.9 Å². The summed E-state index contributed by atoms with van der Waals surface area (Å²) in [5.74, 6) is 0.391. The minimum absolute atomic E-state index is 0.0736. The van der Waals surface area contributed by atoms with E-state index in [9.17, 15) is 4.39 Å². The molecule has 0 amide bonds. The number of nitrogens with two attached hydrogens (primary N) is 1. The van der Waals surface area contributed by atoms with Gasteiger partial charge < -0.3 is 10.5 Å². The molecule has 1 aromatic carbocycles. The largest absolute Gasteiger partial charge is 0.484 e. The number of hydrogen-bond donors (Lipinski definition) is 1. The Morgan fingerprint density at radius 1 is 1.47 bits per heavy atom. The van der Waals surface area contributed by atoms with E-state index in [1.807, 2.05) is 0 Å². The molecule has 3 rings (SSSR count). The van der Waals surface area contributed by atoms with Gasteiger partial charge in [0.05, 0.1) is 10.4 Å². The summed E-state index contributed by atoms with van der Waals surface area (Å²) in [6, 6.07) is 4.28. The van der Waals surface area contributed by atoms with Gasteiger partial charge in [-0.25, -0.2) is 4.39 Å². The molecule has 2 atom stereocenters. The van der Waals surface area contributed by atoms with Crippen LogP contribution in [0.3, 0.4) is 0 Å². The van der Waals surface area contributed by atoms with Crippen LogP contribution in [0.5, 0.6) is 5.75 Å². The first-order valence-electron chi connectivity index (χ1n) is 5.34. The second-order valence-electron chi connectivity index (χ2n) is 4.03. The van der Waals surface area contributed by atoms with Gasteiger partial charge in [-0.05, 0) is 18.2 Å². The van der Waals surface area contributed by atoms with Crippen molar-refractivity contribution >= 4 is 11.3 Å². The van der Waals surface area contributed by atoms with Gasteiger partial charge in [0.25, 0.3) is 0 Å². The Labute approximate surface area is 102 Å². The number of thiazole rings is 1. The predicted molar refractivity (Wildman–Crippen MR) is 63.4 cm³/mol. The number of rotatable bonds is 1. The molecule has 0 aliphatic carbocycles. The van der Waals surface area contributed by atoms with Crippen LogP contribution in [0.1, 0.15) is 29.0 Å². The summed E-state index contributed by atoms with van der Waals surface area (Å²) in [6.07, 6.45) is 2.37. The van der Waals surface area contributed by atoms with Gasteiger partial charge in [0.15, 0.2) is 0 Å².